The van der Waals surface area contributed by atoms with Gasteiger partial charge in [0, 0.05) is 36.0 Å². The standard InChI is InChI=1S/C66H123O10P/c1-10-13-16-19-22-25-28-31-34-37-40-43-46-49-52-55-61(71-64(67)58(4)5)74-77(70,75-62(72-65(68)59(6)7)56-53-50-47-44-41-38-35-32-29-26-23-20-17-14-11-2)76-63(73-66(69)60(8)9)57-54-51-48-45-42-39-36-33-30-27-24-21-18-15-12-3/h61-63H,4,6,8,10-57H2,1-3,5,7,9H3. The van der Waals surface area contributed by atoms with E-state index >= 15 is 4.57 Å². The lowest BCUT2D eigenvalue weighted by atomic mass is 10.0. The van der Waals surface area contributed by atoms with Gasteiger partial charge in [-0.15, -0.1) is 0 Å². The van der Waals surface area contributed by atoms with Gasteiger partial charge in [0.2, 0.25) is 18.9 Å². The van der Waals surface area contributed by atoms with Gasteiger partial charge in [-0.05, 0) is 40.0 Å². The first-order valence-corrected chi connectivity index (χ1v) is 34.0. The average molecular weight is 1110 g/mol. The van der Waals surface area contributed by atoms with Crippen LogP contribution in [0.2, 0.25) is 0 Å². The molecule has 452 valence electrons. The van der Waals surface area contributed by atoms with E-state index in [0.717, 1.165) is 57.8 Å². The van der Waals surface area contributed by atoms with Gasteiger partial charge in [0.05, 0.1) is 0 Å². The molecule has 0 bridgehead atoms. The summed E-state index contributed by atoms with van der Waals surface area (Å²) in [4.78, 5) is 39.3. The minimum Gasteiger partial charge on any atom is -0.432 e. The monoisotopic (exact) mass is 1110 g/mol. The van der Waals surface area contributed by atoms with Crippen molar-refractivity contribution in [3.63, 3.8) is 0 Å². The SMILES string of the molecule is C=C(C)C(=O)OC(CCCCCCCCCCCCCCCCC)OP(=O)(OC(CCCCCCCCCCCCCCCCC)OC(=O)C(=C)C)OC(CCCCCCCCCCCCCCCCC)OC(=O)C(=C)C. The molecule has 0 aromatic heterocycles. The van der Waals surface area contributed by atoms with Crippen molar-refractivity contribution in [3.8, 4) is 0 Å². The highest BCUT2D eigenvalue weighted by Crippen LogP contribution is 2.55. The Bertz CT molecular complexity index is 1320. The van der Waals surface area contributed by atoms with Gasteiger partial charge in [-0.1, -0.05) is 310 Å². The number of carbonyl (C=O) groups excluding carboxylic acids is 3. The summed E-state index contributed by atoms with van der Waals surface area (Å²) in [5, 5.41) is 0. The van der Waals surface area contributed by atoms with Gasteiger partial charge in [-0.3, -0.25) is 0 Å². The summed E-state index contributed by atoms with van der Waals surface area (Å²) in [6.07, 6.45) is 50.3. The molecule has 0 fully saturated rings. The van der Waals surface area contributed by atoms with E-state index in [1.807, 2.05) is 0 Å². The number of hydrogen-bond donors (Lipinski definition) is 0. The number of ether oxygens (including phenoxy) is 3. The highest BCUT2D eigenvalue weighted by atomic mass is 31.2. The minimum absolute atomic E-state index is 0.148. The second kappa shape index (κ2) is 54.3. The third kappa shape index (κ3) is 49.3. The number of rotatable bonds is 60. The van der Waals surface area contributed by atoms with Crippen LogP contribution in [0.3, 0.4) is 0 Å². The number of phosphoric acid groups is 1. The Labute approximate surface area is 475 Å². The second-order valence-corrected chi connectivity index (χ2v) is 24.4. The zero-order valence-corrected chi connectivity index (χ0v) is 52.2. The van der Waals surface area contributed by atoms with Crippen LogP contribution in [-0.4, -0.2) is 36.8 Å². The molecule has 0 aromatic carbocycles. The van der Waals surface area contributed by atoms with Crippen molar-refractivity contribution in [1.82, 2.24) is 0 Å². The smallest absolute Gasteiger partial charge is 0.432 e. The quantitative estimate of drug-likeness (QED) is 0.0145. The molecule has 0 N–H and O–H groups in total. The molecular formula is C66H123O10P. The van der Waals surface area contributed by atoms with Gasteiger partial charge < -0.3 is 14.2 Å². The van der Waals surface area contributed by atoms with Gasteiger partial charge >= 0.3 is 25.7 Å². The summed E-state index contributed by atoms with van der Waals surface area (Å²) in [6.45, 7) is 22.7. The maximum atomic E-state index is 15.3. The molecule has 77 heavy (non-hydrogen) atoms. The van der Waals surface area contributed by atoms with Crippen LogP contribution in [0.5, 0.6) is 0 Å². The minimum atomic E-state index is -4.84. The molecule has 0 aromatic rings. The normalized spacial score (nSPS) is 13.4. The Morgan fingerprint density at radius 3 is 0.571 bits per heavy atom. The Hall–Kier alpha value is -2.26. The Balaban J connectivity index is 5.93. The lowest BCUT2D eigenvalue weighted by Gasteiger charge is -2.29. The summed E-state index contributed by atoms with van der Waals surface area (Å²) in [5.41, 5.74) is 0.443. The van der Waals surface area contributed by atoms with Crippen LogP contribution in [0.15, 0.2) is 36.5 Å². The average Bonchev–Trinajstić information content (AvgIpc) is 3.39. The summed E-state index contributed by atoms with van der Waals surface area (Å²) in [7, 11) is -4.84. The Morgan fingerprint density at radius 1 is 0.286 bits per heavy atom. The second-order valence-electron chi connectivity index (χ2n) is 22.8. The van der Waals surface area contributed by atoms with Gasteiger partial charge in [0.1, 0.15) is 0 Å². The number of esters is 3. The van der Waals surface area contributed by atoms with Crippen LogP contribution in [0, 0.1) is 0 Å². The van der Waals surface area contributed by atoms with Crippen molar-refractivity contribution in [3.05, 3.63) is 36.5 Å². The molecule has 0 aliphatic heterocycles. The van der Waals surface area contributed by atoms with E-state index in [-0.39, 0.29) is 36.0 Å². The van der Waals surface area contributed by atoms with Gasteiger partial charge in [0.15, 0.2) is 0 Å². The van der Waals surface area contributed by atoms with Crippen LogP contribution in [-0.2, 0) is 46.7 Å². The summed E-state index contributed by atoms with van der Waals surface area (Å²) in [5.74, 6) is -2.14. The Kier molecular flexibility index (Phi) is 52.7. The highest BCUT2D eigenvalue weighted by Gasteiger charge is 2.40. The molecule has 0 radical (unpaired) electrons. The zero-order valence-electron chi connectivity index (χ0n) is 51.3. The van der Waals surface area contributed by atoms with Crippen LogP contribution < -0.4 is 0 Å². The number of unbranched alkanes of at least 4 members (excludes halogenated alkanes) is 42. The molecule has 0 aliphatic carbocycles. The van der Waals surface area contributed by atoms with E-state index in [4.69, 9.17) is 27.8 Å². The van der Waals surface area contributed by atoms with Crippen molar-refractivity contribution < 1.29 is 46.7 Å². The predicted molar refractivity (Wildman–Crippen MR) is 324 cm³/mol. The van der Waals surface area contributed by atoms with E-state index in [9.17, 15) is 14.4 Å². The van der Waals surface area contributed by atoms with Crippen LogP contribution in [0.4, 0.5) is 0 Å². The largest absolute Gasteiger partial charge is 0.484 e. The fourth-order valence-corrected chi connectivity index (χ4v) is 11.1. The summed E-state index contributed by atoms with van der Waals surface area (Å²) < 4.78 is 51.1. The fraction of sp³-hybridized carbons (Fsp3) is 0.864. The van der Waals surface area contributed by atoms with Crippen molar-refractivity contribution in [1.29, 1.82) is 0 Å². The van der Waals surface area contributed by atoms with Crippen LogP contribution >= 0.6 is 7.82 Å². The third-order valence-corrected chi connectivity index (χ3v) is 16.1. The highest BCUT2D eigenvalue weighted by molar-refractivity contribution is 7.48. The van der Waals surface area contributed by atoms with Crippen LogP contribution in [0.1, 0.15) is 350 Å². The van der Waals surface area contributed by atoms with Gasteiger partial charge in [0.25, 0.3) is 0 Å². The van der Waals surface area contributed by atoms with E-state index in [1.54, 1.807) is 0 Å². The molecule has 0 spiro atoms. The zero-order chi connectivity index (χ0) is 56.9. The van der Waals surface area contributed by atoms with E-state index in [0.29, 0.717) is 19.3 Å². The molecule has 3 unspecified atom stereocenters. The van der Waals surface area contributed by atoms with Gasteiger partial charge in [-0.2, -0.15) is 0 Å². The number of carbonyl (C=O) groups is 3. The van der Waals surface area contributed by atoms with Crippen LogP contribution in [0.25, 0.3) is 0 Å². The van der Waals surface area contributed by atoms with Crippen molar-refractivity contribution in [2.75, 3.05) is 0 Å². The molecule has 0 heterocycles. The number of hydrogen-bond acceptors (Lipinski definition) is 10. The third-order valence-electron chi connectivity index (χ3n) is 14.6. The van der Waals surface area contributed by atoms with Crippen molar-refractivity contribution in [2.45, 2.75) is 369 Å². The molecule has 0 saturated heterocycles. The maximum Gasteiger partial charge on any atom is 0.484 e. The molecule has 11 heteroatoms. The molecule has 0 rings (SSSR count). The summed E-state index contributed by atoms with van der Waals surface area (Å²) in [6, 6.07) is 0. The Morgan fingerprint density at radius 2 is 0.429 bits per heavy atom. The van der Waals surface area contributed by atoms with Crippen molar-refractivity contribution in [2.24, 2.45) is 0 Å². The molecule has 0 aliphatic rings. The van der Waals surface area contributed by atoms with E-state index in [2.05, 4.69) is 40.5 Å². The first-order chi connectivity index (χ1) is 37.3. The molecular weight excluding hydrogens is 984 g/mol. The number of phosphoric ester groups is 1. The first kappa shape index (κ1) is 74.7. The molecule has 10 nitrogen and oxygen atoms in total. The first-order valence-electron chi connectivity index (χ1n) is 32.5. The van der Waals surface area contributed by atoms with Crippen molar-refractivity contribution >= 4 is 25.7 Å². The summed E-state index contributed by atoms with van der Waals surface area (Å²) >= 11 is 0. The maximum absolute atomic E-state index is 15.3. The van der Waals surface area contributed by atoms with E-state index in [1.165, 1.54) is 233 Å². The predicted octanol–water partition coefficient (Wildman–Crippen LogP) is 22.3. The molecule has 3 atom stereocenters. The van der Waals surface area contributed by atoms with Gasteiger partial charge in [-0.25, -0.2) is 32.5 Å². The lowest BCUT2D eigenvalue weighted by molar-refractivity contribution is -0.181. The topological polar surface area (TPSA) is 124 Å². The molecule has 0 amide bonds. The fourth-order valence-electron chi connectivity index (χ4n) is 9.61. The molecule has 0 saturated carbocycles. The van der Waals surface area contributed by atoms with E-state index < -0.39 is 44.6 Å². The lowest BCUT2D eigenvalue weighted by Crippen LogP contribution is -2.28.